The van der Waals surface area contributed by atoms with Crippen LogP contribution in [0.25, 0.3) is 0 Å². The van der Waals surface area contributed by atoms with E-state index in [1.807, 2.05) is 32.0 Å². The molecule has 0 fully saturated rings. The molecule has 0 saturated heterocycles. The molecule has 0 aliphatic heterocycles. The van der Waals surface area contributed by atoms with Gasteiger partial charge in [-0.15, -0.1) is 12.4 Å². The summed E-state index contributed by atoms with van der Waals surface area (Å²) in [6, 6.07) is 6.03. The first-order valence-corrected chi connectivity index (χ1v) is 8.51. The van der Waals surface area contributed by atoms with Crippen LogP contribution in [-0.2, 0) is 9.36 Å². The average Bonchev–Trinajstić information content (AvgIpc) is 2.38. The van der Waals surface area contributed by atoms with Crippen LogP contribution in [0.5, 0.6) is 0 Å². The minimum atomic E-state index is -4.64. The summed E-state index contributed by atoms with van der Waals surface area (Å²) >= 11 is 0. The Morgan fingerprint density at radius 3 is 1.87 bits per heavy atom. The first-order chi connectivity index (χ1) is 10.1. The summed E-state index contributed by atoms with van der Waals surface area (Å²) in [5, 5.41) is 3.00. The zero-order valence-corrected chi connectivity index (χ0v) is 15.5. The molecule has 134 valence electrons. The van der Waals surface area contributed by atoms with Crippen molar-refractivity contribution in [3.8, 4) is 0 Å². The van der Waals surface area contributed by atoms with E-state index in [4.69, 9.17) is 19.2 Å². The van der Waals surface area contributed by atoms with Gasteiger partial charge in [-0.1, -0.05) is 32.0 Å². The maximum absolute atomic E-state index is 11.9. The Labute approximate surface area is 143 Å². The van der Waals surface area contributed by atoms with E-state index in [1.54, 1.807) is 0 Å². The van der Waals surface area contributed by atoms with Crippen molar-refractivity contribution in [2.75, 3.05) is 25.0 Å². The van der Waals surface area contributed by atoms with Gasteiger partial charge in [-0.3, -0.25) is 9.69 Å². The molecule has 1 rings (SSSR count). The Morgan fingerprint density at radius 2 is 1.52 bits per heavy atom. The molecule has 0 aromatic heterocycles. The molecule has 7 nitrogen and oxygen atoms in total. The molecule has 0 aliphatic carbocycles. The number of likely N-dealkylation sites (N-methyl/N-ethyl adjacent to an activating group) is 1. The maximum Gasteiger partial charge on any atom is 0.466 e. The molecule has 4 N–H and O–H groups in total. The summed E-state index contributed by atoms with van der Waals surface area (Å²) in [6.07, 6.45) is 0. The smallest absolute Gasteiger partial charge is 0.324 e. The number of amides is 1. The fourth-order valence-corrected chi connectivity index (χ4v) is 1.84. The standard InChI is InChI=1S/C14H22N2O.ClH.H3O4P/c1-5-16(6-2)10-13(17)15-14-11(3)8-7-9-12(14)4;;1-5(2,3)4/h7-9H,5-6,10H2,1-4H3,(H,15,17);1H;(H3,1,2,3,4). The molecule has 1 aromatic rings. The predicted molar refractivity (Wildman–Crippen MR) is 93.8 cm³/mol. The number of para-hydroxylation sites is 1. The van der Waals surface area contributed by atoms with Crippen LogP contribution < -0.4 is 5.32 Å². The van der Waals surface area contributed by atoms with Gasteiger partial charge in [0.05, 0.1) is 6.54 Å². The molecule has 0 spiro atoms. The number of hydrogen-bond acceptors (Lipinski definition) is 3. The number of nitrogens with one attached hydrogen (secondary N) is 1. The zero-order valence-electron chi connectivity index (χ0n) is 13.8. The fraction of sp³-hybridized carbons (Fsp3) is 0.500. The van der Waals surface area contributed by atoms with Crippen molar-refractivity contribution in [1.29, 1.82) is 0 Å². The highest BCUT2D eigenvalue weighted by atomic mass is 35.5. The monoisotopic (exact) mass is 368 g/mol. The molecule has 1 aromatic carbocycles. The lowest BCUT2D eigenvalue weighted by molar-refractivity contribution is -0.117. The van der Waals surface area contributed by atoms with Gasteiger partial charge in [0.1, 0.15) is 0 Å². The highest BCUT2D eigenvalue weighted by Crippen LogP contribution is 2.25. The molecule has 0 radical (unpaired) electrons. The first kappa shape index (κ1) is 24.3. The van der Waals surface area contributed by atoms with Gasteiger partial charge >= 0.3 is 7.82 Å². The Morgan fingerprint density at radius 1 is 1.13 bits per heavy atom. The van der Waals surface area contributed by atoms with E-state index in [-0.39, 0.29) is 18.3 Å². The Hall–Kier alpha value is -0.950. The number of anilines is 1. The van der Waals surface area contributed by atoms with E-state index in [9.17, 15) is 4.79 Å². The minimum absolute atomic E-state index is 0. The third-order valence-electron chi connectivity index (χ3n) is 3.01. The van der Waals surface area contributed by atoms with Crippen molar-refractivity contribution in [3.63, 3.8) is 0 Å². The SMILES string of the molecule is CCN(CC)CC(=O)Nc1c(C)cccc1C.Cl.O=P(O)(O)O. The van der Waals surface area contributed by atoms with Crippen LogP contribution >= 0.6 is 20.2 Å². The molecular formula is C14H26ClN2O5P. The molecule has 0 atom stereocenters. The van der Waals surface area contributed by atoms with E-state index in [2.05, 4.69) is 24.1 Å². The van der Waals surface area contributed by atoms with Gasteiger partial charge < -0.3 is 20.0 Å². The van der Waals surface area contributed by atoms with Crippen molar-refractivity contribution >= 4 is 31.8 Å². The summed E-state index contributed by atoms with van der Waals surface area (Å²) in [6.45, 7) is 10.4. The van der Waals surface area contributed by atoms with Gasteiger partial charge in [0, 0.05) is 5.69 Å². The average molecular weight is 369 g/mol. The van der Waals surface area contributed by atoms with E-state index in [0.29, 0.717) is 6.54 Å². The highest BCUT2D eigenvalue weighted by molar-refractivity contribution is 7.45. The second-order valence-corrected chi connectivity index (χ2v) is 5.82. The number of aryl methyl sites for hydroxylation is 2. The lowest BCUT2D eigenvalue weighted by Gasteiger charge is -2.18. The van der Waals surface area contributed by atoms with Crippen molar-refractivity contribution < 1.29 is 24.0 Å². The summed E-state index contributed by atoms with van der Waals surface area (Å²) in [7, 11) is -4.64. The molecule has 9 heteroatoms. The van der Waals surface area contributed by atoms with E-state index < -0.39 is 7.82 Å². The van der Waals surface area contributed by atoms with Crippen LogP contribution in [0.1, 0.15) is 25.0 Å². The number of carbonyl (C=O) groups excluding carboxylic acids is 1. The van der Waals surface area contributed by atoms with Crippen LogP contribution in [0, 0.1) is 13.8 Å². The largest absolute Gasteiger partial charge is 0.466 e. The highest BCUT2D eigenvalue weighted by Gasteiger charge is 2.10. The zero-order chi connectivity index (χ0) is 17.3. The van der Waals surface area contributed by atoms with E-state index in [0.717, 1.165) is 29.9 Å². The number of hydrogen-bond donors (Lipinski definition) is 4. The quantitative estimate of drug-likeness (QED) is 0.592. The molecule has 0 aliphatic rings. The summed E-state index contributed by atoms with van der Waals surface area (Å²) < 4.78 is 8.88. The van der Waals surface area contributed by atoms with Gasteiger partial charge in [-0.05, 0) is 38.1 Å². The van der Waals surface area contributed by atoms with Crippen LogP contribution in [-0.4, -0.2) is 45.1 Å². The molecular weight excluding hydrogens is 343 g/mol. The van der Waals surface area contributed by atoms with Crippen LogP contribution in [0.4, 0.5) is 5.69 Å². The number of carbonyl (C=O) groups is 1. The normalized spacial score (nSPS) is 10.4. The minimum Gasteiger partial charge on any atom is -0.324 e. The third kappa shape index (κ3) is 12.2. The fourth-order valence-electron chi connectivity index (χ4n) is 1.84. The Bertz CT molecular complexity index is 503. The van der Waals surface area contributed by atoms with Gasteiger partial charge in [-0.2, -0.15) is 0 Å². The van der Waals surface area contributed by atoms with Crippen molar-refractivity contribution in [2.45, 2.75) is 27.7 Å². The second kappa shape index (κ2) is 11.6. The number of phosphoric acid groups is 1. The van der Waals surface area contributed by atoms with Crippen molar-refractivity contribution in [1.82, 2.24) is 4.90 Å². The molecule has 23 heavy (non-hydrogen) atoms. The first-order valence-electron chi connectivity index (χ1n) is 6.95. The predicted octanol–water partition coefficient (Wildman–Crippen LogP) is 2.08. The molecule has 0 bridgehead atoms. The second-order valence-electron chi connectivity index (χ2n) is 4.79. The Balaban J connectivity index is 0. The molecule has 0 unspecified atom stereocenters. The van der Waals surface area contributed by atoms with Crippen molar-refractivity contribution in [3.05, 3.63) is 29.3 Å². The maximum atomic E-state index is 11.9. The van der Waals surface area contributed by atoms with Crippen LogP contribution in [0.2, 0.25) is 0 Å². The van der Waals surface area contributed by atoms with E-state index >= 15 is 0 Å². The number of rotatable bonds is 5. The topological polar surface area (TPSA) is 110 Å². The lowest BCUT2D eigenvalue weighted by atomic mass is 10.1. The molecule has 0 saturated carbocycles. The summed E-state index contributed by atoms with van der Waals surface area (Å²) in [4.78, 5) is 35.6. The van der Waals surface area contributed by atoms with Crippen molar-refractivity contribution in [2.24, 2.45) is 0 Å². The van der Waals surface area contributed by atoms with Gasteiger partial charge in [0.25, 0.3) is 0 Å². The summed E-state index contributed by atoms with van der Waals surface area (Å²) in [5.74, 6) is 0.0612. The lowest BCUT2D eigenvalue weighted by Crippen LogP contribution is -2.33. The number of halogens is 1. The van der Waals surface area contributed by atoms with Gasteiger partial charge in [-0.25, -0.2) is 4.57 Å². The third-order valence-corrected chi connectivity index (χ3v) is 3.01. The molecule has 0 heterocycles. The summed E-state index contributed by atoms with van der Waals surface area (Å²) in [5.41, 5.74) is 3.17. The van der Waals surface area contributed by atoms with E-state index in [1.165, 1.54) is 0 Å². The van der Waals surface area contributed by atoms with Gasteiger partial charge in [0.15, 0.2) is 0 Å². The van der Waals surface area contributed by atoms with Gasteiger partial charge in [0.2, 0.25) is 5.91 Å². The van der Waals surface area contributed by atoms with Crippen LogP contribution in [0.15, 0.2) is 18.2 Å². The number of nitrogens with zero attached hydrogens (tertiary/aromatic N) is 1. The van der Waals surface area contributed by atoms with Crippen LogP contribution in [0.3, 0.4) is 0 Å². The Kier molecular flexibility index (Phi) is 12.2. The number of benzene rings is 1. The molecule has 1 amide bonds.